The number of nitrogens with zero attached hydrogens (tertiary/aromatic N) is 3. The highest BCUT2D eigenvalue weighted by Gasteiger charge is 2.49. The van der Waals surface area contributed by atoms with E-state index < -0.39 is 45.7 Å². The lowest BCUT2D eigenvalue weighted by Crippen LogP contribution is -2.54. The van der Waals surface area contributed by atoms with E-state index in [1.54, 1.807) is 40.7 Å². The van der Waals surface area contributed by atoms with Crippen molar-refractivity contribution in [3.05, 3.63) is 137 Å². The van der Waals surface area contributed by atoms with Crippen LogP contribution in [0.5, 0.6) is 0 Å². The summed E-state index contributed by atoms with van der Waals surface area (Å²) in [6, 6.07) is 27.9. The van der Waals surface area contributed by atoms with Crippen LogP contribution in [0.2, 0.25) is 0 Å². The topological polar surface area (TPSA) is 195 Å². The zero-order chi connectivity index (χ0) is 46.1. The number of carbonyl (C=O) groups is 5. The maximum absolute atomic E-state index is 14.0. The van der Waals surface area contributed by atoms with Gasteiger partial charge in [0.2, 0.25) is 27.7 Å². The highest BCUT2D eigenvalue weighted by Crippen LogP contribution is 2.49. The van der Waals surface area contributed by atoms with E-state index in [-0.39, 0.29) is 47.8 Å². The molecular formula is C50H50N6O8S2. The normalized spacial score (nSPS) is 20.4. The van der Waals surface area contributed by atoms with Gasteiger partial charge in [-0.3, -0.25) is 39.2 Å². The number of hydrogen-bond donors (Lipinski definition) is 4. The number of anilines is 2. The van der Waals surface area contributed by atoms with Crippen LogP contribution in [-0.4, -0.2) is 88.2 Å². The first-order valence-electron chi connectivity index (χ1n) is 22.3. The molecule has 16 heteroatoms. The van der Waals surface area contributed by atoms with Gasteiger partial charge < -0.3 is 15.7 Å². The van der Waals surface area contributed by atoms with E-state index in [1.807, 2.05) is 73.8 Å². The molecule has 14 nitrogen and oxygen atoms in total. The number of aliphatic hydroxyl groups excluding tert-OH is 1. The van der Waals surface area contributed by atoms with Gasteiger partial charge in [-0.05, 0) is 128 Å². The van der Waals surface area contributed by atoms with Gasteiger partial charge in [0, 0.05) is 53.5 Å². The average Bonchev–Trinajstić information content (AvgIpc) is 3.88. The van der Waals surface area contributed by atoms with Crippen molar-refractivity contribution in [1.29, 1.82) is 0 Å². The summed E-state index contributed by atoms with van der Waals surface area (Å²) >= 11 is 1.48. The molecule has 66 heavy (non-hydrogen) atoms. The first-order valence-corrected chi connectivity index (χ1v) is 24.7. The number of aryl methyl sites for hydroxylation is 3. The van der Waals surface area contributed by atoms with E-state index in [1.165, 1.54) is 11.8 Å². The van der Waals surface area contributed by atoms with Crippen molar-refractivity contribution < 1.29 is 37.5 Å². The van der Waals surface area contributed by atoms with Gasteiger partial charge in [0.1, 0.15) is 6.04 Å². The summed E-state index contributed by atoms with van der Waals surface area (Å²) in [6.45, 7) is 2.16. The third kappa shape index (κ3) is 9.02. The first-order chi connectivity index (χ1) is 31.9. The summed E-state index contributed by atoms with van der Waals surface area (Å²) in [5, 5.41) is 19.0. The molecule has 4 N–H and O–H groups in total. The number of hydrogen-bond acceptors (Lipinski definition) is 11. The van der Waals surface area contributed by atoms with Gasteiger partial charge in [-0.1, -0.05) is 48.0 Å². The van der Waals surface area contributed by atoms with E-state index in [0.717, 1.165) is 56.9 Å². The number of carbonyl (C=O) groups excluding carboxylic acids is 5. The summed E-state index contributed by atoms with van der Waals surface area (Å²) in [5.41, 5.74) is 7.56. The van der Waals surface area contributed by atoms with E-state index in [4.69, 9.17) is 0 Å². The van der Waals surface area contributed by atoms with Gasteiger partial charge in [0.05, 0.1) is 34.7 Å². The summed E-state index contributed by atoms with van der Waals surface area (Å²) in [7, 11) is -3.81. The lowest BCUT2D eigenvalue weighted by atomic mass is 9.82. The molecule has 4 aromatic carbocycles. The fraction of sp³-hybridized carbons (Fsp3) is 0.320. The predicted molar refractivity (Wildman–Crippen MR) is 250 cm³/mol. The fourth-order valence-corrected chi connectivity index (χ4v) is 12.2. The van der Waals surface area contributed by atoms with E-state index in [2.05, 4.69) is 20.9 Å². The molecule has 5 amide bonds. The number of nitrogens with one attached hydrogen (secondary N) is 3. The average molecular weight is 927 g/mol. The number of piperidine rings is 1. The highest BCUT2D eigenvalue weighted by molar-refractivity contribution is 7.99. The number of imide groups is 2. The smallest absolute Gasteiger partial charge is 0.263 e. The Morgan fingerprint density at radius 3 is 2.47 bits per heavy atom. The van der Waals surface area contributed by atoms with E-state index in [9.17, 15) is 37.5 Å². The van der Waals surface area contributed by atoms with Crippen LogP contribution in [-0.2, 0) is 37.2 Å². The molecule has 9 rings (SSSR count). The summed E-state index contributed by atoms with van der Waals surface area (Å²) in [4.78, 5) is 70.4. The maximum Gasteiger partial charge on any atom is 0.263 e. The lowest BCUT2D eigenvalue weighted by Gasteiger charge is -2.39. The SMILES string of the molecule is Cc1ccc(S(=O)(=O)N2CC[C@@H]3[C@H](CO)Nc4ccc(-c5cccc(NC(=O)CCCc6ccc(CCCSc7cccc8c7C(=O)N(C7CCC(=O)NC7=O)C8=O)cn6)c5)cc4[C@@H]32)cc1. The number of thioether (sulfide) groups is 1. The zero-order valence-corrected chi connectivity index (χ0v) is 38.0. The van der Waals surface area contributed by atoms with Crippen molar-refractivity contribution in [3.63, 3.8) is 0 Å². The molecule has 2 saturated heterocycles. The molecule has 1 unspecified atom stereocenters. The number of benzene rings is 4. The van der Waals surface area contributed by atoms with Crippen LogP contribution in [0.1, 0.15) is 87.7 Å². The molecule has 4 atom stereocenters. The van der Waals surface area contributed by atoms with Crippen molar-refractivity contribution in [2.75, 3.05) is 29.5 Å². The van der Waals surface area contributed by atoms with Crippen LogP contribution in [0.4, 0.5) is 11.4 Å². The zero-order valence-electron chi connectivity index (χ0n) is 36.4. The van der Waals surface area contributed by atoms with Gasteiger partial charge in [-0.2, -0.15) is 4.31 Å². The van der Waals surface area contributed by atoms with Crippen molar-refractivity contribution in [3.8, 4) is 11.1 Å². The second kappa shape index (κ2) is 19.0. The summed E-state index contributed by atoms with van der Waals surface area (Å²) in [5.74, 6) is -1.61. The predicted octanol–water partition coefficient (Wildman–Crippen LogP) is 6.68. The minimum absolute atomic E-state index is 0.0677. The first kappa shape index (κ1) is 45.0. The van der Waals surface area contributed by atoms with Crippen molar-refractivity contribution in [2.24, 2.45) is 5.92 Å². The molecule has 0 spiro atoms. The van der Waals surface area contributed by atoms with Crippen LogP contribution in [0.3, 0.4) is 0 Å². The minimum atomic E-state index is -3.81. The highest BCUT2D eigenvalue weighted by atomic mass is 32.2. The number of sulfonamides is 1. The number of aliphatic hydroxyl groups is 1. The number of amides is 5. The van der Waals surface area contributed by atoms with Crippen molar-refractivity contribution in [1.82, 2.24) is 19.5 Å². The molecule has 340 valence electrons. The quantitative estimate of drug-likeness (QED) is 0.0497. The van der Waals surface area contributed by atoms with Crippen LogP contribution < -0.4 is 16.0 Å². The van der Waals surface area contributed by atoms with Crippen LogP contribution >= 0.6 is 11.8 Å². The van der Waals surface area contributed by atoms with Crippen LogP contribution in [0.25, 0.3) is 11.1 Å². The second-order valence-corrected chi connectivity index (χ2v) is 20.3. The number of pyridine rings is 1. The Balaban J connectivity index is 0.763. The Morgan fingerprint density at radius 1 is 0.894 bits per heavy atom. The van der Waals surface area contributed by atoms with Crippen molar-refractivity contribution in [2.45, 2.75) is 86.2 Å². The van der Waals surface area contributed by atoms with E-state index >= 15 is 0 Å². The molecule has 4 aliphatic heterocycles. The third-order valence-corrected chi connectivity index (χ3v) is 16.0. The van der Waals surface area contributed by atoms with Crippen LogP contribution in [0.15, 0.2) is 113 Å². The lowest BCUT2D eigenvalue weighted by molar-refractivity contribution is -0.136. The van der Waals surface area contributed by atoms with Gasteiger partial charge in [0.25, 0.3) is 11.8 Å². The molecule has 0 aliphatic carbocycles. The van der Waals surface area contributed by atoms with Crippen molar-refractivity contribution >= 4 is 62.7 Å². The summed E-state index contributed by atoms with van der Waals surface area (Å²) < 4.78 is 29.6. The Morgan fingerprint density at radius 2 is 1.70 bits per heavy atom. The van der Waals surface area contributed by atoms with E-state index in [0.29, 0.717) is 54.1 Å². The number of fused-ring (bicyclic) bond motifs is 4. The standard InChI is InChI=1S/C50H50N6O8S2/c1-30-13-18-36(19-14-30)66(63,64)55-24-23-37-41(29-57)53-40-20-16-33(27-39(40)47(37)55)32-7-2-9-35(26-32)52-44(58)12-3-8-34-17-15-31(28-51-34)6-5-25-65-43-11-4-10-38-46(43)50(62)56(49(38)61)42-21-22-45(59)54-48(42)60/h2,4,7,9-11,13-20,26-28,37,41-42,47,53,57H,3,5-6,8,12,21-25,29H2,1H3,(H,52,58)(H,54,59,60)/t37-,41+,42?,47-/m1/s1. The fourth-order valence-electron chi connectivity index (χ4n) is 9.56. The van der Waals surface area contributed by atoms with Gasteiger partial charge in [0.15, 0.2) is 0 Å². The Labute approximate surface area is 387 Å². The van der Waals surface area contributed by atoms with Crippen LogP contribution in [0, 0.1) is 12.8 Å². The number of aromatic nitrogens is 1. The molecule has 5 aromatic rings. The van der Waals surface area contributed by atoms with Gasteiger partial charge in [-0.15, -0.1) is 11.8 Å². The number of rotatable bonds is 15. The molecule has 2 fully saturated rings. The molecule has 1 aromatic heterocycles. The Kier molecular flexibility index (Phi) is 12.9. The molecule has 4 aliphatic rings. The molecule has 0 saturated carbocycles. The largest absolute Gasteiger partial charge is 0.394 e. The third-order valence-electron chi connectivity index (χ3n) is 13.0. The maximum atomic E-state index is 14.0. The molecule has 5 heterocycles. The Hall–Kier alpha value is -6.20. The molecule has 0 bridgehead atoms. The van der Waals surface area contributed by atoms with Gasteiger partial charge in [-0.25, -0.2) is 8.42 Å². The second-order valence-electron chi connectivity index (χ2n) is 17.3. The molecular weight excluding hydrogens is 877 g/mol. The Bertz CT molecular complexity index is 2840. The molecule has 0 radical (unpaired) electrons. The summed E-state index contributed by atoms with van der Waals surface area (Å²) in [6.07, 6.45) is 5.74. The van der Waals surface area contributed by atoms with Gasteiger partial charge >= 0.3 is 0 Å². The minimum Gasteiger partial charge on any atom is -0.394 e. The monoisotopic (exact) mass is 926 g/mol.